The lowest BCUT2D eigenvalue weighted by Crippen LogP contribution is -1.83. The maximum absolute atomic E-state index is 9.53. The van der Waals surface area contributed by atoms with Crippen LogP contribution in [0.1, 0.15) is 10.6 Å². The van der Waals surface area contributed by atoms with Crippen LogP contribution in [0, 0.1) is 11.3 Å². The molecule has 0 saturated carbocycles. The van der Waals surface area contributed by atoms with Gasteiger partial charge in [0.2, 0.25) is 0 Å². The molecule has 0 radical (unpaired) electrons. The smallest absolute Gasteiger partial charge is 0.134 e. The first-order valence-electron chi connectivity index (χ1n) is 9.29. The zero-order chi connectivity index (χ0) is 19.9. The van der Waals surface area contributed by atoms with E-state index in [2.05, 4.69) is 47.5 Å². The van der Waals surface area contributed by atoms with Gasteiger partial charge < -0.3 is 0 Å². The van der Waals surface area contributed by atoms with Crippen LogP contribution >= 0.6 is 11.3 Å². The van der Waals surface area contributed by atoms with Crippen molar-refractivity contribution in [3.8, 4) is 28.5 Å². The van der Waals surface area contributed by atoms with Crippen molar-refractivity contribution in [2.24, 2.45) is 0 Å². The number of thiazole rings is 1. The molecule has 0 fully saturated rings. The maximum Gasteiger partial charge on any atom is 0.134 e. The van der Waals surface area contributed by atoms with Gasteiger partial charge in [0.25, 0.3) is 0 Å². The van der Waals surface area contributed by atoms with Crippen LogP contribution in [0.2, 0.25) is 0 Å². The van der Waals surface area contributed by atoms with Crippen LogP contribution in [0.15, 0.2) is 102 Å². The van der Waals surface area contributed by atoms with Crippen molar-refractivity contribution in [2.75, 3.05) is 0 Å². The fourth-order valence-corrected chi connectivity index (χ4v) is 3.77. The summed E-state index contributed by atoms with van der Waals surface area (Å²) in [4.78, 5) is 4.67. The fourth-order valence-electron chi connectivity index (χ4n) is 2.97. The number of allylic oxidation sites excluding steroid dienone is 3. The Kier molecular flexibility index (Phi) is 5.76. The predicted octanol–water partition coefficient (Wildman–Crippen LogP) is 7.10. The first kappa shape index (κ1) is 18.6. The molecule has 29 heavy (non-hydrogen) atoms. The summed E-state index contributed by atoms with van der Waals surface area (Å²) in [6.07, 6.45) is 5.69. The Bertz CT molecular complexity index is 1180. The quantitative estimate of drug-likeness (QED) is 0.269. The highest BCUT2D eigenvalue weighted by Crippen LogP contribution is 2.28. The topological polar surface area (TPSA) is 36.7 Å². The zero-order valence-electron chi connectivity index (χ0n) is 15.7. The number of rotatable bonds is 5. The predicted molar refractivity (Wildman–Crippen MR) is 122 cm³/mol. The van der Waals surface area contributed by atoms with Gasteiger partial charge in [0.05, 0.1) is 11.3 Å². The summed E-state index contributed by atoms with van der Waals surface area (Å²) < 4.78 is 0. The average Bonchev–Trinajstić information content (AvgIpc) is 3.28. The largest absolute Gasteiger partial charge is 0.235 e. The van der Waals surface area contributed by atoms with E-state index < -0.39 is 0 Å². The van der Waals surface area contributed by atoms with E-state index in [0.29, 0.717) is 5.57 Å². The lowest BCUT2D eigenvalue weighted by atomic mass is 10.0. The number of nitrogens with zero attached hydrogens (tertiary/aromatic N) is 2. The molecule has 4 aromatic rings. The van der Waals surface area contributed by atoms with Gasteiger partial charge in [-0.05, 0) is 22.8 Å². The van der Waals surface area contributed by atoms with Gasteiger partial charge in [-0.15, -0.1) is 11.3 Å². The number of nitriles is 1. The van der Waals surface area contributed by atoms with Crippen molar-refractivity contribution in [1.29, 1.82) is 5.26 Å². The first-order valence-corrected chi connectivity index (χ1v) is 10.2. The molecular formula is C26H18N2S. The Morgan fingerprint density at radius 3 is 2.10 bits per heavy atom. The van der Waals surface area contributed by atoms with Crippen molar-refractivity contribution in [1.82, 2.24) is 4.98 Å². The van der Waals surface area contributed by atoms with E-state index in [9.17, 15) is 5.26 Å². The first-order chi connectivity index (χ1) is 14.3. The van der Waals surface area contributed by atoms with Crippen molar-refractivity contribution >= 4 is 23.0 Å². The van der Waals surface area contributed by atoms with Crippen LogP contribution in [-0.2, 0) is 0 Å². The minimum absolute atomic E-state index is 0.564. The SMILES string of the molecule is N#C/C(=C/C=C/c1ccccc1)c1nc(-c2ccc(-c3ccccc3)cc2)cs1. The summed E-state index contributed by atoms with van der Waals surface area (Å²) in [6.45, 7) is 0. The second-order valence-electron chi connectivity index (χ2n) is 6.44. The summed E-state index contributed by atoms with van der Waals surface area (Å²) in [7, 11) is 0. The number of hydrogen-bond acceptors (Lipinski definition) is 3. The maximum atomic E-state index is 9.53. The summed E-state index contributed by atoms with van der Waals surface area (Å²) in [5, 5.41) is 12.3. The van der Waals surface area contributed by atoms with E-state index in [4.69, 9.17) is 0 Å². The summed E-state index contributed by atoms with van der Waals surface area (Å²) in [6, 6.07) is 30.9. The Labute approximate surface area is 174 Å². The lowest BCUT2D eigenvalue weighted by molar-refractivity contribution is 1.37. The minimum atomic E-state index is 0.564. The molecule has 0 aliphatic carbocycles. The van der Waals surface area contributed by atoms with Crippen LogP contribution in [0.25, 0.3) is 34.0 Å². The normalized spacial score (nSPS) is 11.5. The van der Waals surface area contributed by atoms with E-state index in [1.807, 2.05) is 72.1 Å². The molecule has 2 nitrogen and oxygen atoms in total. The van der Waals surface area contributed by atoms with Crippen LogP contribution in [0.3, 0.4) is 0 Å². The molecule has 0 aliphatic rings. The Morgan fingerprint density at radius 2 is 1.41 bits per heavy atom. The molecule has 0 N–H and O–H groups in total. The third kappa shape index (κ3) is 4.57. The highest BCUT2D eigenvalue weighted by Gasteiger charge is 2.08. The molecule has 0 aliphatic heterocycles. The molecule has 3 heteroatoms. The summed E-state index contributed by atoms with van der Waals surface area (Å²) in [5.74, 6) is 0. The third-order valence-corrected chi connectivity index (χ3v) is 5.37. The molecule has 4 rings (SSSR count). The van der Waals surface area contributed by atoms with Crippen LogP contribution in [0.5, 0.6) is 0 Å². The minimum Gasteiger partial charge on any atom is -0.235 e. The second kappa shape index (κ2) is 8.97. The highest BCUT2D eigenvalue weighted by atomic mass is 32.1. The van der Waals surface area contributed by atoms with Gasteiger partial charge in [-0.1, -0.05) is 97.1 Å². The van der Waals surface area contributed by atoms with Gasteiger partial charge in [0, 0.05) is 10.9 Å². The highest BCUT2D eigenvalue weighted by molar-refractivity contribution is 7.11. The van der Waals surface area contributed by atoms with Crippen LogP contribution in [0.4, 0.5) is 0 Å². The number of benzene rings is 3. The average molecular weight is 391 g/mol. The monoisotopic (exact) mass is 390 g/mol. The zero-order valence-corrected chi connectivity index (χ0v) is 16.5. The van der Waals surface area contributed by atoms with Gasteiger partial charge in [-0.3, -0.25) is 0 Å². The van der Waals surface area contributed by atoms with Gasteiger partial charge in [0.1, 0.15) is 11.1 Å². The second-order valence-corrected chi connectivity index (χ2v) is 7.30. The third-order valence-electron chi connectivity index (χ3n) is 4.49. The lowest BCUT2D eigenvalue weighted by Gasteiger charge is -2.02. The van der Waals surface area contributed by atoms with Crippen LogP contribution < -0.4 is 0 Å². The fraction of sp³-hybridized carbons (Fsp3) is 0. The summed E-state index contributed by atoms with van der Waals surface area (Å²) in [5.41, 5.74) is 5.96. The Morgan fingerprint density at radius 1 is 0.793 bits per heavy atom. The Balaban J connectivity index is 1.53. The van der Waals surface area contributed by atoms with E-state index in [-0.39, 0.29) is 0 Å². The molecule has 0 unspecified atom stereocenters. The number of aromatic nitrogens is 1. The summed E-state index contributed by atoms with van der Waals surface area (Å²) >= 11 is 1.49. The number of hydrogen-bond donors (Lipinski definition) is 0. The van der Waals surface area contributed by atoms with Gasteiger partial charge in [0.15, 0.2) is 0 Å². The van der Waals surface area contributed by atoms with Gasteiger partial charge in [-0.2, -0.15) is 5.26 Å². The molecule has 0 atom stereocenters. The molecule has 1 heterocycles. The molecule has 0 amide bonds. The van der Waals surface area contributed by atoms with Crippen molar-refractivity contribution in [3.63, 3.8) is 0 Å². The van der Waals surface area contributed by atoms with E-state index >= 15 is 0 Å². The molecule has 0 spiro atoms. The van der Waals surface area contributed by atoms with Crippen LogP contribution in [-0.4, -0.2) is 4.98 Å². The molecular weight excluding hydrogens is 372 g/mol. The van der Waals surface area contributed by atoms with E-state index in [1.54, 1.807) is 0 Å². The van der Waals surface area contributed by atoms with Gasteiger partial charge >= 0.3 is 0 Å². The van der Waals surface area contributed by atoms with Crippen molar-refractivity contribution in [2.45, 2.75) is 0 Å². The van der Waals surface area contributed by atoms with E-state index in [0.717, 1.165) is 21.8 Å². The van der Waals surface area contributed by atoms with Gasteiger partial charge in [-0.25, -0.2) is 4.98 Å². The molecule has 138 valence electrons. The molecule has 0 bridgehead atoms. The molecule has 3 aromatic carbocycles. The van der Waals surface area contributed by atoms with E-state index in [1.165, 1.54) is 22.5 Å². The van der Waals surface area contributed by atoms with Crippen molar-refractivity contribution in [3.05, 3.63) is 113 Å². The standard InChI is InChI=1S/C26H18N2S/c27-18-24(13-7-10-20-8-3-1-4-9-20)26-28-25(19-29-26)23-16-14-22(15-17-23)21-11-5-2-6-12-21/h1-17,19H/b10-7+,24-13-. The Hall–Kier alpha value is -3.74. The van der Waals surface area contributed by atoms with Crippen molar-refractivity contribution < 1.29 is 0 Å². The molecule has 0 saturated heterocycles. The molecule has 1 aromatic heterocycles.